The highest BCUT2D eigenvalue weighted by Gasteiger charge is 2.27. The number of carbonyl (C=O) groups excluding carboxylic acids is 1. The molecule has 0 saturated carbocycles. The summed E-state index contributed by atoms with van der Waals surface area (Å²) < 4.78 is 0. The largest absolute Gasteiger partial charge is 0.367 e. The van der Waals surface area contributed by atoms with Gasteiger partial charge in [-0.1, -0.05) is 19.9 Å². The number of carbonyl (C=O) groups is 1. The summed E-state index contributed by atoms with van der Waals surface area (Å²) in [6, 6.07) is 5.83. The standard InChI is InChI=1S/C15H24N4O/c1-11(2)14(16)15(20)19-9-6-12(7-10-19)18-13-5-3-4-8-17-13/h3-5,8,11-12,14H,6-7,9-10,16H2,1-2H3,(H,17,18)/t14-/m0/s1. The quantitative estimate of drug-likeness (QED) is 0.873. The predicted molar refractivity (Wildman–Crippen MR) is 80.3 cm³/mol. The maximum atomic E-state index is 12.2. The summed E-state index contributed by atoms with van der Waals surface area (Å²) in [6.45, 7) is 5.50. The number of likely N-dealkylation sites (tertiary alicyclic amines) is 1. The zero-order valence-corrected chi connectivity index (χ0v) is 12.2. The molecule has 1 amide bonds. The van der Waals surface area contributed by atoms with E-state index in [2.05, 4.69) is 10.3 Å². The molecule has 5 nitrogen and oxygen atoms in total. The van der Waals surface area contributed by atoms with Gasteiger partial charge < -0.3 is 16.0 Å². The van der Waals surface area contributed by atoms with E-state index in [0.717, 1.165) is 31.7 Å². The number of nitrogens with zero attached hydrogens (tertiary/aromatic N) is 2. The van der Waals surface area contributed by atoms with E-state index in [1.54, 1.807) is 6.20 Å². The number of nitrogens with two attached hydrogens (primary N) is 1. The minimum Gasteiger partial charge on any atom is -0.367 e. The number of rotatable bonds is 4. The van der Waals surface area contributed by atoms with Gasteiger partial charge in [0.05, 0.1) is 6.04 Å². The fourth-order valence-electron chi connectivity index (χ4n) is 2.40. The molecule has 0 radical (unpaired) electrons. The molecule has 1 aromatic rings. The molecule has 0 spiro atoms. The van der Waals surface area contributed by atoms with E-state index in [-0.39, 0.29) is 17.9 Å². The Labute approximate surface area is 120 Å². The second-order valence-electron chi connectivity index (χ2n) is 5.73. The van der Waals surface area contributed by atoms with Gasteiger partial charge in [0.25, 0.3) is 0 Å². The summed E-state index contributed by atoms with van der Waals surface area (Å²) >= 11 is 0. The number of anilines is 1. The van der Waals surface area contributed by atoms with Gasteiger partial charge in [-0.05, 0) is 30.9 Å². The number of amides is 1. The summed E-state index contributed by atoms with van der Waals surface area (Å²) in [5.74, 6) is 1.17. The van der Waals surface area contributed by atoms with Crippen molar-refractivity contribution < 1.29 is 4.79 Å². The van der Waals surface area contributed by atoms with Crippen LogP contribution in [0.1, 0.15) is 26.7 Å². The van der Waals surface area contributed by atoms with Gasteiger partial charge in [0.15, 0.2) is 0 Å². The van der Waals surface area contributed by atoms with E-state index in [1.807, 2.05) is 36.9 Å². The topological polar surface area (TPSA) is 71.2 Å². The van der Waals surface area contributed by atoms with Crippen molar-refractivity contribution in [1.29, 1.82) is 0 Å². The molecule has 0 aliphatic carbocycles. The number of hydrogen-bond donors (Lipinski definition) is 2. The first-order chi connectivity index (χ1) is 9.58. The summed E-state index contributed by atoms with van der Waals surface area (Å²) in [5, 5.41) is 3.41. The van der Waals surface area contributed by atoms with E-state index in [0.29, 0.717) is 6.04 Å². The molecule has 1 aromatic heterocycles. The number of piperidine rings is 1. The van der Waals surface area contributed by atoms with Gasteiger partial charge >= 0.3 is 0 Å². The smallest absolute Gasteiger partial charge is 0.239 e. The lowest BCUT2D eigenvalue weighted by Crippen LogP contribution is -2.50. The van der Waals surface area contributed by atoms with Crippen LogP contribution < -0.4 is 11.1 Å². The lowest BCUT2D eigenvalue weighted by Gasteiger charge is -2.34. The molecule has 2 rings (SSSR count). The number of nitrogens with one attached hydrogen (secondary N) is 1. The van der Waals surface area contributed by atoms with Crippen molar-refractivity contribution in [1.82, 2.24) is 9.88 Å². The van der Waals surface area contributed by atoms with Crippen LogP contribution in [0.2, 0.25) is 0 Å². The SMILES string of the molecule is CC(C)[C@H](N)C(=O)N1CCC(Nc2ccccn2)CC1. The van der Waals surface area contributed by atoms with Crippen LogP contribution in [0.5, 0.6) is 0 Å². The molecule has 0 bridgehead atoms. The first kappa shape index (κ1) is 14.8. The average Bonchev–Trinajstić information content (AvgIpc) is 2.47. The molecule has 1 aliphatic heterocycles. The van der Waals surface area contributed by atoms with Gasteiger partial charge in [-0.25, -0.2) is 4.98 Å². The molecule has 5 heteroatoms. The fourth-order valence-corrected chi connectivity index (χ4v) is 2.40. The number of pyridine rings is 1. The summed E-state index contributed by atoms with van der Waals surface area (Å²) in [7, 11) is 0. The third kappa shape index (κ3) is 3.70. The number of hydrogen-bond acceptors (Lipinski definition) is 4. The summed E-state index contributed by atoms with van der Waals surface area (Å²) in [6.07, 6.45) is 3.66. The summed E-state index contributed by atoms with van der Waals surface area (Å²) in [5.41, 5.74) is 5.93. The molecule has 20 heavy (non-hydrogen) atoms. The second kappa shape index (κ2) is 6.70. The molecule has 1 fully saturated rings. The average molecular weight is 276 g/mol. The van der Waals surface area contributed by atoms with Crippen molar-refractivity contribution >= 4 is 11.7 Å². The van der Waals surface area contributed by atoms with Crippen LogP contribution >= 0.6 is 0 Å². The minimum atomic E-state index is -0.379. The van der Waals surface area contributed by atoms with Crippen molar-refractivity contribution in [3.8, 4) is 0 Å². The maximum absolute atomic E-state index is 12.2. The van der Waals surface area contributed by atoms with E-state index < -0.39 is 0 Å². The maximum Gasteiger partial charge on any atom is 0.239 e. The van der Waals surface area contributed by atoms with Crippen molar-refractivity contribution in [2.24, 2.45) is 11.7 Å². The molecular weight excluding hydrogens is 252 g/mol. The Kier molecular flexibility index (Phi) is 4.95. The molecule has 1 atom stereocenters. The van der Waals surface area contributed by atoms with E-state index in [9.17, 15) is 4.79 Å². The van der Waals surface area contributed by atoms with Gasteiger partial charge in [-0.2, -0.15) is 0 Å². The normalized spacial score (nSPS) is 18.1. The highest BCUT2D eigenvalue weighted by atomic mass is 16.2. The molecule has 110 valence electrons. The molecule has 0 unspecified atom stereocenters. The Morgan fingerprint density at radius 1 is 1.40 bits per heavy atom. The second-order valence-corrected chi connectivity index (χ2v) is 5.73. The van der Waals surface area contributed by atoms with E-state index >= 15 is 0 Å². The molecule has 2 heterocycles. The van der Waals surface area contributed by atoms with Crippen molar-refractivity contribution in [2.45, 2.75) is 38.8 Å². The molecule has 3 N–H and O–H groups in total. The lowest BCUT2D eigenvalue weighted by molar-refractivity contribution is -0.134. The van der Waals surface area contributed by atoms with E-state index in [4.69, 9.17) is 5.73 Å². The van der Waals surface area contributed by atoms with Gasteiger partial charge in [0.1, 0.15) is 5.82 Å². The Morgan fingerprint density at radius 3 is 2.65 bits per heavy atom. The third-order valence-electron chi connectivity index (χ3n) is 3.83. The fraction of sp³-hybridized carbons (Fsp3) is 0.600. The molecule has 0 aromatic carbocycles. The van der Waals surface area contributed by atoms with Crippen LogP contribution in [0.3, 0.4) is 0 Å². The molecular formula is C15H24N4O. The van der Waals surface area contributed by atoms with Crippen molar-refractivity contribution in [2.75, 3.05) is 18.4 Å². The van der Waals surface area contributed by atoms with Gasteiger partial charge in [0, 0.05) is 25.3 Å². The van der Waals surface area contributed by atoms with Crippen LogP contribution in [0.4, 0.5) is 5.82 Å². The van der Waals surface area contributed by atoms with Crippen LogP contribution in [0.15, 0.2) is 24.4 Å². The molecule has 1 aliphatic rings. The number of aromatic nitrogens is 1. The zero-order chi connectivity index (χ0) is 14.5. The lowest BCUT2D eigenvalue weighted by atomic mass is 10.0. The zero-order valence-electron chi connectivity index (χ0n) is 12.2. The Balaban J connectivity index is 1.82. The highest BCUT2D eigenvalue weighted by Crippen LogP contribution is 2.16. The Hall–Kier alpha value is -1.62. The van der Waals surface area contributed by atoms with Crippen molar-refractivity contribution in [3.05, 3.63) is 24.4 Å². The Bertz CT molecular complexity index is 427. The predicted octanol–water partition coefficient (Wildman–Crippen LogP) is 1.47. The van der Waals surface area contributed by atoms with Crippen LogP contribution in [0, 0.1) is 5.92 Å². The van der Waals surface area contributed by atoms with Gasteiger partial charge in [-0.3, -0.25) is 4.79 Å². The van der Waals surface area contributed by atoms with Crippen LogP contribution in [-0.4, -0.2) is 41.0 Å². The van der Waals surface area contributed by atoms with Crippen molar-refractivity contribution in [3.63, 3.8) is 0 Å². The van der Waals surface area contributed by atoms with Gasteiger partial charge in [-0.15, -0.1) is 0 Å². The van der Waals surface area contributed by atoms with E-state index in [1.165, 1.54) is 0 Å². The first-order valence-corrected chi connectivity index (χ1v) is 7.30. The monoisotopic (exact) mass is 276 g/mol. The van der Waals surface area contributed by atoms with Crippen LogP contribution in [-0.2, 0) is 4.79 Å². The summed E-state index contributed by atoms with van der Waals surface area (Å²) in [4.78, 5) is 18.3. The van der Waals surface area contributed by atoms with Crippen LogP contribution in [0.25, 0.3) is 0 Å². The Morgan fingerprint density at radius 2 is 2.10 bits per heavy atom. The first-order valence-electron chi connectivity index (χ1n) is 7.30. The van der Waals surface area contributed by atoms with Gasteiger partial charge in [0.2, 0.25) is 5.91 Å². The molecule has 1 saturated heterocycles. The minimum absolute atomic E-state index is 0.0799. The highest BCUT2D eigenvalue weighted by molar-refractivity contribution is 5.82. The third-order valence-corrected chi connectivity index (χ3v) is 3.83.